The fourth-order valence-electron chi connectivity index (χ4n) is 2.03. The van der Waals surface area contributed by atoms with E-state index in [2.05, 4.69) is 4.98 Å². The van der Waals surface area contributed by atoms with E-state index in [9.17, 15) is 0 Å². The van der Waals surface area contributed by atoms with Gasteiger partial charge in [-0.05, 0) is 37.8 Å². The van der Waals surface area contributed by atoms with E-state index in [0.717, 1.165) is 12.8 Å². The SMILES string of the molecule is N=C(N)c1cccnc1OC1CCCCC1. The molecule has 4 nitrogen and oxygen atoms in total. The molecule has 86 valence electrons. The predicted octanol–water partition coefficient (Wildman–Crippen LogP) is 2.08. The van der Waals surface area contributed by atoms with Crippen molar-refractivity contribution in [1.29, 1.82) is 5.41 Å². The lowest BCUT2D eigenvalue weighted by atomic mass is 9.98. The summed E-state index contributed by atoms with van der Waals surface area (Å²) in [6.07, 6.45) is 7.79. The van der Waals surface area contributed by atoms with E-state index in [1.54, 1.807) is 18.3 Å². The van der Waals surface area contributed by atoms with Gasteiger partial charge in [0.05, 0.1) is 5.56 Å². The molecule has 1 heterocycles. The number of rotatable bonds is 3. The molecule has 4 heteroatoms. The molecule has 0 unspecified atom stereocenters. The molecule has 1 saturated carbocycles. The molecular formula is C12H17N3O. The van der Waals surface area contributed by atoms with Crippen LogP contribution in [0.25, 0.3) is 0 Å². The lowest BCUT2D eigenvalue weighted by molar-refractivity contribution is 0.148. The second kappa shape index (κ2) is 4.96. The molecule has 0 amide bonds. The van der Waals surface area contributed by atoms with Crippen LogP contribution in [0.4, 0.5) is 0 Å². The molecule has 1 aromatic rings. The third-order valence-corrected chi connectivity index (χ3v) is 2.89. The topological polar surface area (TPSA) is 72.0 Å². The van der Waals surface area contributed by atoms with E-state index in [1.807, 2.05) is 0 Å². The number of amidine groups is 1. The Balaban J connectivity index is 2.10. The Morgan fingerprint density at radius 1 is 1.38 bits per heavy atom. The van der Waals surface area contributed by atoms with Crippen molar-refractivity contribution >= 4 is 5.84 Å². The summed E-state index contributed by atoms with van der Waals surface area (Å²) in [7, 11) is 0. The van der Waals surface area contributed by atoms with Crippen LogP contribution in [-0.2, 0) is 0 Å². The summed E-state index contributed by atoms with van der Waals surface area (Å²) in [5.74, 6) is 0.515. The number of aromatic nitrogens is 1. The summed E-state index contributed by atoms with van der Waals surface area (Å²) in [6.45, 7) is 0. The second-order valence-electron chi connectivity index (χ2n) is 4.15. The normalized spacial score (nSPS) is 17.0. The molecule has 0 aliphatic heterocycles. The minimum Gasteiger partial charge on any atom is -0.474 e. The van der Waals surface area contributed by atoms with Crippen LogP contribution in [0.1, 0.15) is 37.7 Å². The molecule has 16 heavy (non-hydrogen) atoms. The molecular weight excluding hydrogens is 202 g/mol. The summed E-state index contributed by atoms with van der Waals surface area (Å²) >= 11 is 0. The van der Waals surface area contributed by atoms with Crippen LogP contribution in [0.2, 0.25) is 0 Å². The Morgan fingerprint density at radius 3 is 2.81 bits per heavy atom. The minimum absolute atomic E-state index is 0.0129. The van der Waals surface area contributed by atoms with E-state index in [4.69, 9.17) is 15.9 Å². The zero-order valence-corrected chi connectivity index (χ0v) is 9.28. The molecule has 0 spiro atoms. The van der Waals surface area contributed by atoms with E-state index in [0.29, 0.717) is 11.4 Å². The number of nitrogen functional groups attached to an aromatic ring is 1. The maximum absolute atomic E-state index is 7.45. The third-order valence-electron chi connectivity index (χ3n) is 2.89. The summed E-state index contributed by atoms with van der Waals surface area (Å²) < 4.78 is 5.82. The largest absolute Gasteiger partial charge is 0.474 e. The number of pyridine rings is 1. The molecule has 1 aliphatic carbocycles. The molecule has 0 saturated heterocycles. The lowest BCUT2D eigenvalue weighted by Gasteiger charge is -2.23. The Morgan fingerprint density at radius 2 is 2.12 bits per heavy atom. The first-order chi connectivity index (χ1) is 7.77. The van der Waals surface area contributed by atoms with Gasteiger partial charge in [-0.15, -0.1) is 0 Å². The molecule has 1 fully saturated rings. The molecule has 0 aromatic carbocycles. The quantitative estimate of drug-likeness (QED) is 0.604. The van der Waals surface area contributed by atoms with Crippen LogP contribution in [-0.4, -0.2) is 16.9 Å². The summed E-state index contributed by atoms with van der Waals surface area (Å²) in [6, 6.07) is 3.54. The minimum atomic E-state index is 0.0129. The van der Waals surface area contributed by atoms with Gasteiger partial charge in [-0.3, -0.25) is 5.41 Å². The van der Waals surface area contributed by atoms with Gasteiger partial charge in [0.1, 0.15) is 11.9 Å². The van der Waals surface area contributed by atoms with Crippen LogP contribution >= 0.6 is 0 Å². The van der Waals surface area contributed by atoms with Crippen molar-refractivity contribution in [2.24, 2.45) is 5.73 Å². The van der Waals surface area contributed by atoms with Crippen LogP contribution in [0.5, 0.6) is 5.88 Å². The van der Waals surface area contributed by atoms with Gasteiger partial charge in [0.2, 0.25) is 5.88 Å². The fourth-order valence-corrected chi connectivity index (χ4v) is 2.03. The van der Waals surface area contributed by atoms with Gasteiger partial charge in [-0.2, -0.15) is 0 Å². The Kier molecular flexibility index (Phi) is 3.39. The number of hydrogen-bond donors (Lipinski definition) is 2. The third kappa shape index (κ3) is 2.51. The van der Waals surface area contributed by atoms with Gasteiger partial charge in [-0.25, -0.2) is 4.98 Å². The zero-order chi connectivity index (χ0) is 11.4. The number of ether oxygens (including phenoxy) is 1. The first-order valence-corrected chi connectivity index (χ1v) is 5.73. The summed E-state index contributed by atoms with van der Waals surface area (Å²) in [4.78, 5) is 4.15. The molecule has 0 atom stereocenters. The molecule has 3 N–H and O–H groups in total. The van der Waals surface area contributed by atoms with Crippen molar-refractivity contribution in [2.45, 2.75) is 38.2 Å². The summed E-state index contributed by atoms with van der Waals surface area (Å²) in [5, 5.41) is 7.45. The van der Waals surface area contributed by atoms with Crippen molar-refractivity contribution in [1.82, 2.24) is 4.98 Å². The first kappa shape index (κ1) is 10.9. The fraction of sp³-hybridized carbons (Fsp3) is 0.500. The molecule has 0 bridgehead atoms. The highest BCUT2D eigenvalue weighted by atomic mass is 16.5. The summed E-state index contributed by atoms with van der Waals surface area (Å²) in [5.41, 5.74) is 6.07. The number of hydrogen-bond acceptors (Lipinski definition) is 3. The highest BCUT2D eigenvalue weighted by molar-refractivity contribution is 5.96. The average molecular weight is 219 g/mol. The lowest BCUT2D eigenvalue weighted by Crippen LogP contribution is -2.22. The van der Waals surface area contributed by atoms with Crippen molar-refractivity contribution in [3.63, 3.8) is 0 Å². The number of nitrogens with one attached hydrogen (secondary N) is 1. The Bertz CT molecular complexity index is 372. The van der Waals surface area contributed by atoms with Crippen LogP contribution in [0.3, 0.4) is 0 Å². The molecule has 2 rings (SSSR count). The second-order valence-corrected chi connectivity index (χ2v) is 4.15. The zero-order valence-electron chi connectivity index (χ0n) is 9.28. The molecule has 1 aromatic heterocycles. The van der Waals surface area contributed by atoms with Crippen LogP contribution < -0.4 is 10.5 Å². The maximum Gasteiger partial charge on any atom is 0.224 e. The smallest absolute Gasteiger partial charge is 0.224 e. The molecule has 1 aliphatic rings. The van der Waals surface area contributed by atoms with E-state index >= 15 is 0 Å². The number of nitrogens with zero attached hydrogens (tertiary/aromatic N) is 1. The van der Waals surface area contributed by atoms with Crippen molar-refractivity contribution in [2.75, 3.05) is 0 Å². The predicted molar refractivity (Wildman–Crippen MR) is 62.8 cm³/mol. The number of nitrogens with two attached hydrogens (primary N) is 1. The average Bonchev–Trinajstić information content (AvgIpc) is 2.31. The van der Waals surface area contributed by atoms with Crippen LogP contribution in [0.15, 0.2) is 18.3 Å². The van der Waals surface area contributed by atoms with E-state index < -0.39 is 0 Å². The van der Waals surface area contributed by atoms with Gasteiger partial charge in [0.25, 0.3) is 0 Å². The highest BCUT2D eigenvalue weighted by Crippen LogP contribution is 2.23. The Labute approximate surface area is 95.3 Å². The Hall–Kier alpha value is -1.58. The van der Waals surface area contributed by atoms with Crippen molar-refractivity contribution in [3.8, 4) is 5.88 Å². The maximum atomic E-state index is 7.45. The standard InChI is InChI=1S/C12H17N3O/c13-11(14)10-7-4-8-15-12(10)16-9-5-2-1-3-6-9/h4,7-9H,1-3,5-6H2,(H3,13,14). The highest BCUT2D eigenvalue weighted by Gasteiger charge is 2.17. The van der Waals surface area contributed by atoms with Gasteiger partial charge in [0, 0.05) is 6.20 Å². The van der Waals surface area contributed by atoms with Gasteiger partial charge in [0.15, 0.2) is 0 Å². The van der Waals surface area contributed by atoms with Crippen LogP contribution in [0, 0.1) is 5.41 Å². The van der Waals surface area contributed by atoms with Gasteiger partial charge >= 0.3 is 0 Å². The molecule has 0 radical (unpaired) electrons. The van der Waals surface area contributed by atoms with Crippen molar-refractivity contribution < 1.29 is 4.74 Å². The van der Waals surface area contributed by atoms with Crippen molar-refractivity contribution in [3.05, 3.63) is 23.9 Å². The van der Waals surface area contributed by atoms with E-state index in [1.165, 1.54) is 19.3 Å². The van der Waals surface area contributed by atoms with Gasteiger partial charge in [-0.1, -0.05) is 6.42 Å². The van der Waals surface area contributed by atoms with E-state index in [-0.39, 0.29) is 11.9 Å². The monoisotopic (exact) mass is 219 g/mol. The van der Waals surface area contributed by atoms with Gasteiger partial charge < -0.3 is 10.5 Å². The first-order valence-electron chi connectivity index (χ1n) is 5.73.